The largest absolute Gasteiger partial charge is 0.235 e. The Balaban J connectivity index is 2.64. The highest BCUT2D eigenvalue weighted by atomic mass is 15.4. The van der Waals surface area contributed by atoms with Gasteiger partial charge in [-0.15, -0.1) is 0 Å². The van der Waals surface area contributed by atoms with Gasteiger partial charge in [0.1, 0.15) is 5.70 Å². The quantitative estimate of drug-likeness (QED) is 0.504. The van der Waals surface area contributed by atoms with Gasteiger partial charge in [-0.05, 0) is 25.2 Å². The van der Waals surface area contributed by atoms with Gasteiger partial charge >= 0.3 is 0 Å². The summed E-state index contributed by atoms with van der Waals surface area (Å²) in [6.07, 6.45) is 8.21. The van der Waals surface area contributed by atoms with Gasteiger partial charge in [0.05, 0.1) is 5.70 Å². The van der Waals surface area contributed by atoms with Gasteiger partial charge in [-0.1, -0.05) is 6.08 Å². The van der Waals surface area contributed by atoms with Crippen LogP contribution in [-0.2, 0) is 0 Å². The Labute approximate surface area is 61.3 Å². The third-order valence-corrected chi connectivity index (χ3v) is 1.34. The second-order valence-electron chi connectivity index (χ2n) is 2.32. The Morgan fingerprint density at radius 1 is 1.50 bits per heavy atom. The van der Waals surface area contributed by atoms with Crippen LogP contribution in [0.15, 0.2) is 35.7 Å². The summed E-state index contributed by atoms with van der Waals surface area (Å²) in [5.41, 5.74) is 7.55. The summed E-state index contributed by atoms with van der Waals surface area (Å²) >= 11 is 0. The van der Waals surface area contributed by atoms with Crippen molar-refractivity contribution in [2.24, 2.45) is 0 Å². The average molecular weight is 137 g/mol. The molecule has 1 aliphatic rings. The van der Waals surface area contributed by atoms with E-state index >= 15 is 0 Å². The third-order valence-electron chi connectivity index (χ3n) is 1.34. The monoisotopic (exact) mass is 137 g/mol. The molecule has 0 bridgehead atoms. The van der Waals surface area contributed by atoms with E-state index in [2.05, 4.69) is 24.5 Å². The van der Waals surface area contributed by atoms with Gasteiger partial charge < -0.3 is 0 Å². The number of rotatable bonds is 1. The Kier molecular flexibility index (Phi) is 2.29. The van der Waals surface area contributed by atoms with Crippen molar-refractivity contribution in [1.82, 2.24) is 5.43 Å². The molecule has 3 N–H and O–H groups in total. The molecule has 0 radical (unpaired) electrons. The standard InChI is InChI=1S/C8H12N2/c1-3-4-8-6-5-7(2)9-10-8/h3-6,9-10H,1-2H3/p+1/b4-3-. The Bertz CT molecular complexity index is 199. The molecular formula is C8H13N2+. The van der Waals surface area contributed by atoms with Gasteiger partial charge in [0.2, 0.25) is 0 Å². The van der Waals surface area contributed by atoms with Gasteiger partial charge in [0, 0.05) is 6.92 Å². The van der Waals surface area contributed by atoms with E-state index in [1.54, 1.807) is 0 Å². The summed E-state index contributed by atoms with van der Waals surface area (Å²) in [6.45, 7) is 4.07. The van der Waals surface area contributed by atoms with Crippen LogP contribution >= 0.6 is 0 Å². The fourth-order valence-corrected chi connectivity index (χ4v) is 0.798. The number of nitrogens with one attached hydrogen (secondary N) is 1. The summed E-state index contributed by atoms with van der Waals surface area (Å²) in [7, 11) is 0. The van der Waals surface area contributed by atoms with E-state index in [1.807, 2.05) is 24.5 Å². The Morgan fingerprint density at radius 2 is 2.30 bits per heavy atom. The molecule has 1 rings (SSSR count). The smallest absolute Gasteiger partial charge is 0.127 e. The van der Waals surface area contributed by atoms with Crippen LogP contribution in [0.25, 0.3) is 0 Å². The first kappa shape index (κ1) is 7.09. The zero-order valence-corrected chi connectivity index (χ0v) is 6.39. The molecular weight excluding hydrogens is 124 g/mol. The lowest BCUT2D eigenvalue weighted by Crippen LogP contribution is -2.91. The van der Waals surface area contributed by atoms with Crippen molar-refractivity contribution < 1.29 is 5.43 Å². The molecule has 0 aromatic rings. The molecule has 10 heavy (non-hydrogen) atoms. The summed E-state index contributed by atoms with van der Waals surface area (Å²) in [5, 5.41) is 0. The van der Waals surface area contributed by atoms with Crippen LogP contribution < -0.4 is 10.9 Å². The number of hydrogen-bond donors (Lipinski definition) is 2. The van der Waals surface area contributed by atoms with Crippen LogP contribution in [-0.4, -0.2) is 0 Å². The maximum absolute atomic E-state index is 3.15. The van der Waals surface area contributed by atoms with E-state index in [0.717, 1.165) is 5.70 Å². The van der Waals surface area contributed by atoms with Crippen molar-refractivity contribution in [3.8, 4) is 0 Å². The highest BCUT2D eigenvalue weighted by Crippen LogP contribution is 1.94. The topological polar surface area (TPSA) is 28.6 Å². The first-order valence-electron chi connectivity index (χ1n) is 3.44. The zero-order chi connectivity index (χ0) is 7.40. The zero-order valence-electron chi connectivity index (χ0n) is 6.39. The van der Waals surface area contributed by atoms with E-state index in [-0.39, 0.29) is 0 Å². The van der Waals surface area contributed by atoms with Crippen LogP contribution in [0.5, 0.6) is 0 Å². The van der Waals surface area contributed by atoms with Gasteiger partial charge in [-0.25, -0.2) is 10.9 Å². The lowest BCUT2D eigenvalue weighted by atomic mass is 10.3. The highest BCUT2D eigenvalue weighted by molar-refractivity contribution is 5.22. The van der Waals surface area contributed by atoms with E-state index in [9.17, 15) is 0 Å². The van der Waals surface area contributed by atoms with Crippen LogP contribution in [0.2, 0.25) is 0 Å². The van der Waals surface area contributed by atoms with Gasteiger partial charge in [-0.2, -0.15) is 0 Å². The second-order valence-corrected chi connectivity index (χ2v) is 2.32. The van der Waals surface area contributed by atoms with Crippen LogP contribution in [0, 0.1) is 0 Å². The molecule has 0 unspecified atom stereocenters. The molecule has 2 nitrogen and oxygen atoms in total. The van der Waals surface area contributed by atoms with Crippen molar-refractivity contribution in [1.29, 1.82) is 0 Å². The summed E-state index contributed by atoms with van der Waals surface area (Å²) in [6, 6.07) is 0. The lowest BCUT2D eigenvalue weighted by Gasteiger charge is -2.08. The number of allylic oxidation sites excluding steroid dienone is 5. The summed E-state index contributed by atoms with van der Waals surface area (Å²) in [5.74, 6) is 0. The minimum absolute atomic E-state index is 1.15. The van der Waals surface area contributed by atoms with Crippen molar-refractivity contribution in [3.63, 3.8) is 0 Å². The predicted octanol–water partition coefficient (Wildman–Crippen LogP) is 0.432. The molecule has 0 saturated heterocycles. The molecule has 0 spiro atoms. The van der Waals surface area contributed by atoms with E-state index in [4.69, 9.17) is 0 Å². The lowest BCUT2D eigenvalue weighted by molar-refractivity contribution is -0.659. The molecule has 2 heteroatoms. The van der Waals surface area contributed by atoms with E-state index in [1.165, 1.54) is 5.70 Å². The van der Waals surface area contributed by atoms with Crippen molar-refractivity contribution in [2.75, 3.05) is 0 Å². The van der Waals surface area contributed by atoms with E-state index in [0.29, 0.717) is 0 Å². The normalized spacial score (nSPS) is 18.2. The fraction of sp³-hybridized carbons (Fsp3) is 0.250. The van der Waals surface area contributed by atoms with Crippen LogP contribution in [0.3, 0.4) is 0 Å². The second kappa shape index (κ2) is 3.22. The maximum atomic E-state index is 3.15. The van der Waals surface area contributed by atoms with Crippen LogP contribution in [0.1, 0.15) is 13.8 Å². The summed E-state index contributed by atoms with van der Waals surface area (Å²) < 4.78 is 0. The Hall–Kier alpha value is -1.02. The first-order chi connectivity index (χ1) is 4.83. The Morgan fingerprint density at radius 3 is 2.80 bits per heavy atom. The number of quaternary nitrogens is 1. The highest BCUT2D eigenvalue weighted by Gasteiger charge is 1.99. The summed E-state index contributed by atoms with van der Waals surface area (Å²) in [4.78, 5) is 0. The van der Waals surface area contributed by atoms with Crippen LogP contribution in [0.4, 0.5) is 0 Å². The fourth-order valence-electron chi connectivity index (χ4n) is 0.798. The van der Waals surface area contributed by atoms with E-state index < -0.39 is 0 Å². The molecule has 54 valence electrons. The maximum Gasteiger partial charge on any atom is 0.127 e. The first-order valence-corrected chi connectivity index (χ1v) is 3.44. The predicted molar refractivity (Wildman–Crippen MR) is 41.7 cm³/mol. The molecule has 0 saturated carbocycles. The molecule has 0 aliphatic carbocycles. The van der Waals surface area contributed by atoms with Crippen molar-refractivity contribution in [2.45, 2.75) is 13.8 Å². The minimum Gasteiger partial charge on any atom is -0.235 e. The average Bonchev–Trinajstić information content (AvgIpc) is 1.95. The molecule has 1 aliphatic heterocycles. The number of nitrogens with two attached hydrogens (primary N) is 1. The SMILES string of the molecule is C/C=C\C1=CC=C(C)[NH2+]N1. The van der Waals surface area contributed by atoms with Gasteiger partial charge in [0.15, 0.2) is 0 Å². The van der Waals surface area contributed by atoms with Crippen molar-refractivity contribution in [3.05, 3.63) is 35.7 Å². The third kappa shape index (κ3) is 1.74. The molecule has 0 aromatic carbocycles. The van der Waals surface area contributed by atoms with Gasteiger partial charge in [-0.3, -0.25) is 0 Å². The minimum atomic E-state index is 1.15. The van der Waals surface area contributed by atoms with Gasteiger partial charge in [0.25, 0.3) is 0 Å². The molecule has 0 fully saturated rings. The molecule has 1 heterocycles. The molecule has 0 atom stereocenters. The molecule has 0 aromatic heterocycles. The molecule has 0 amide bonds. The number of hydrogen-bond acceptors (Lipinski definition) is 1. The van der Waals surface area contributed by atoms with Crippen molar-refractivity contribution >= 4 is 0 Å².